The number of rotatable bonds is 5. The van der Waals surface area contributed by atoms with Crippen LogP contribution in [0.15, 0.2) is 34.9 Å². The minimum absolute atomic E-state index is 0.103. The number of fused-ring (bicyclic) bond motifs is 1. The molecule has 27 heavy (non-hydrogen) atoms. The summed E-state index contributed by atoms with van der Waals surface area (Å²) in [4.78, 5) is 22.9. The van der Waals surface area contributed by atoms with Crippen LogP contribution in [-0.4, -0.2) is 17.4 Å². The Bertz CT molecular complexity index is 712. The number of amides is 1. The number of benzene rings is 1. The number of aryl methyl sites for hydroxylation is 1. The van der Waals surface area contributed by atoms with E-state index in [0.717, 1.165) is 39.5 Å². The molecule has 150 valence electrons. The first-order valence-electron chi connectivity index (χ1n) is 9.25. The zero-order valence-electron chi connectivity index (χ0n) is 17.1. The molecule has 0 unspecified atom stereocenters. The molecule has 0 bridgehead atoms. The number of hydrogen-bond acceptors (Lipinski definition) is 5. The van der Waals surface area contributed by atoms with Crippen molar-refractivity contribution in [2.75, 3.05) is 6.54 Å². The second-order valence-corrected chi connectivity index (χ2v) is 6.35. The molecule has 1 aliphatic carbocycles. The van der Waals surface area contributed by atoms with Gasteiger partial charge in [-0.2, -0.15) is 0 Å². The van der Waals surface area contributed by atoms with Gasteiger partial charge in [-0.25, -0.2) is 0 Å². The minimum Gasteiger partial charge on any atom is -0.327 e. The lowest BCUT2D eigenvalue weighted by Crippen LogP contribution is -2.20. The molecule has 0 aliphatic heterocycles. The van der Waals surface area contributed by atoms with E-state index in [4.69, 9.17) is 5.73 Å². The van der Waals surface area contributed by atoms with Gasteiger partial charge in [0, 0.05) is 30.5 Å². The molecular weight excluding hydrogens is 362 g/mol. The van der Waals surface area contributed by atoms with Crippen LogP contribution >= 0.6 is 11.8 Å². The third-order valence-electron chi connectivity index (χ3n) is 3.50. The lowest BCUT2D eigenvalue weighted by atomic mass is 9.97. The highest BCUT2D eigenvalue weighted by molar-refractivity contribution is 8.11. The van der Waals surface area contributed by atoms with Crippen molar-refractivity contribution < 1.29 is 9.72 Å². The van der Waals surface area contributed by atoms with Crippen LogP contribution in [0.1, 0.15) is 59.1 Å². The molecule has 1 aromatic carbocycles. The summed E-state index contributed by atoms with van der Waals surface area (Å²) in [5.41, 5.74) is 8.60. The van der Waals surface area contributed by atoms with Gasteiger partial charge in [-0.3, -0.25) is 14.9 Å². The van der Waals surface area contributed by atoms with Gasteiger partial charge in [0.2, 0.25) is 5.91 Å². The zero-order valence-corrected chi connectivity index (χ0v) is 17.9. The zero-order chi connectivity index (χ0) is 21.0. The van der Waals surface area contributed by atoms with Gasteiger partial charge in [-0.1, -0.05) is 45.5 Å². The van der Waals surface area contributed by atoms with E-state index in [2.05, 4.69) is 11.4 Å². The molecule has 0 aromatic heterocycles. The van der Waals surface area contributed by atoms with E-state index >= 15 is 0 Å². The highest BCUT2D eigenvalue weighted by atomic mass is 32.2. The maximum Gasteiger partial charge on any atom is 0.269 e. The smallest absolute Gasteiger partial charge is 0.269 e. The number of thioether (sulfide) groups is 1. The van der Waals surface area contributed by atoms with Crippen LogP contribution in [0.4, 0.5) is 5.69 Å². The van der Waals surface area contributed by atoms with Gasteiger partial charge in [-0.15, -0.1) is 0 Å². The van der Waals surface area contributed by atoms with Gasteiger partial charge >= 0.3 is 0 Å². The average Bonchev–Trinajstić information content (AvgIpc) is 2.69. The first-order chi connectivity index (χ1) is 12.9. The van der Waals surface area contributed by atoms with Crippen molar-refractivity contribution in [3.8, 4) is 0 Å². The van der Waals surface area contributed by atoms with Crippen molar-refractivity contribution in [2.45, 2.75) is 54.4 Å². The van der Waals surface area contributed by atoms with Gasteiger partial charge in [0.1, 0.15) is 0 Å². The topological polar surface area (TPSA) is 98.3 Å². The molecule has 1 aliphatic rings. The lowest BCUT2D eigenvalue weighted by Gasteiger charge is -2.19. The maximum absolute atomic E-state index is 11.4. The van der Waals surface area contributed by atoms with Crippen LogP contribution in [0.3, 0.4) is 0 Å². The van der Waals surface area contributed by atoms with E-state index in [1.807, 2.05) is 34.6 Å². The van der Waals surface area contributed by atoms with Crippen molar-refractivity contribution in [3.63, 3.8) is 0 Å². The summed E-state index contributed by atoms with van der Waals surface area (Å²) in [6, 6.07) is 4.91. The van der Waals surface area contributed by atoms with Crippen LogP contribution in [0, 0.1) is 10.1 Å². The first-order valence-corrected chi connectivity index (χ1v) is 10.1. The molecule has 3 N–H and O–H groups in total. The van der Waals surface area contributed by atoms with Crippen LogP contribution < -0.4 is 11.1 Å². The molecule has 1 aromatic rings. The number of nitrogens with one attached hydrogen (secondary N) is 1. The fraction of sp³-hybridized carbons (Fsp3) is 0.450. The van der Waals surface area contributed by atoms with Crippen molar-refractivity contribution in [3.05, 3.63) is 56.1 Å². The van der Waals surface area contributed by atoms with Gasteiger partial charge < -0.3 is 11.1 Å². The molecule has 0 atom stereocenters. The van der Waals surface area contributed by atoms with Crippen molar-refractivity contribution in [1.29, 1.82) is 0 Å². The molecule has 1 amide bonds. The molecule has 7 heteroatoms. The van der Waals surface area contributed by atoms with E-state index in [-0.39, 0.29) is 16.5 Å². The summed E-state index contributed by atoms with van der Waals surface area (Å²) >= 11 is 1.44. The highest BCUT2D eigenvalue weighted by Gasteiger charge is 2.19. The molecule has 2 rings (SSSR count). The summed E-state index contributed by atoms with van der Waals surface area (Å²) in [5.74, 6) is -0.152. The van der Waals surface area contributed by atoms with Gasteiger partial charge in [0.25, 0.3) is 5.69 Å². The summed E-state index contributed by atoms with van der Waals surface area (Å²) in [6.45, 7) is 11.7. The number of hydrogen-bond donors (Lipinski definition) is 2. The average molecular weight is 394 g/mol. The quantitative estimate of drug-likeness (QED) is 0.542. The summed E-state index contributed by atoms with van der Waals surface area (Å²) in [6.07, 6.45) is 3.67. The van der Waals surface area contributed by atoms with Gasteiger partial charge in [-0.05, 0) is 42.5 Å². The second-order valence-electron chi connectivity index (χ2n) is 5.30. The second kappa shape index (κ2) is 13.1. The van der Waals surface area contributed by atoms with E-state index in [9.17, 15) is 14.9 Å². The molecule has 6 nitrogen and oxygen atoms in total. The van der Waals surface area contributed by atoms with Crippen LogP contribution in [0.5, 0.6) is 0 Å². The SMILES string of the molecule is CC.CC.CC(=O)N/C(SC1=CCCc2cc([N+](=O)[O-])ccc21)=C(/C)CN. The molecule has 0 saturated carbocycles. The Morgan fingerprint density at radius 3 is 2.41 bits per heavy atom. The number of allylic oxidation sites excluding steroid dienone is 1. The van der Waals surface area contributed by atoms with E-state index in [1.54, 1.807) is 12.1 Å². The lowest BCUT2D eigenvalue weighted by molar-refractivity contribution is -0.384. The normalized spacial score (nSPS) is 12.8. The predicted molar refractivity (Wildman–Crippen MR) is 115 cm³/mol. The number of nitrogens with zero attached hydrogens (tertiary/aromatic N) is 1. The van der Waals surface area contributed by atoms with Crippen molar-refractivity contribution in [2.24, 2.45) is 5.73 Å². The van der Waals surface area contributed by atoms with Gasteiger partial charge in [0.15, 0.2) is 0 Å². The Kier molecular flexibility index (Phi) is 12.1. The summed E-state index contributed by atoms with van der Waals surface area (Å²) in [5, 5.41) is 14.4. The summed E-state index contributed by atoms with van der Waals surface area (Å²) < 4.78 is 0. The number of nitro benzene ring substituents is 1. The number of nitro groups is 1. The first kappa shape index (κ1) is 24.9. The Morgan fingerprint density at radius 2 is 1.89 bits per heavy atom. The van der Waals surface area contributed by atoms with Crippen molar-refractivity contribution >= 4 is 28.3 Å². The van der Waals surface area contributed by atoms with Crippen molar-refractivity contribution in [1.82, 2.24) is 5.32 Å². The third-order valence-corrected chi connectivity index (χ3v) is 4.77. The molecule has 0 spiro atoms. The van der Waals surface area contributed by atoms with Crippen LogP contribution in [0.25, 0.3) is 4.91 Å². The summed E-state index contributed by atoms with van der Waals surface area (Å²) in [7, 11) is 0. The molecular formula is C20H31N3O3S. The predicted octanol–water partition coefficient (Wildman–Crippen LogP) is 4.99. The van der Waals surface area contributed by atoms with Crippen LogP contribution in [0.2, 0.25) is 0 Å². The van der Waals surface area contributed by atoms with Crippen LogP contribution in [-0.2, 0) is 11.2 Å². The molecule has 0 fully saturated rings. The number of carbonyl (C=O) groups is 1. The van der Waals surface area contributed by atoms with E-state index < -0.39 is 0 Å². The standard InChI is InChI=1S/C16H19N3O3S.2C2H6/c1-10(9-17)16(18-11(2)20)23-15-5-3-4-12-8-13(19(21)22)6-7-14(12)15;2*1-2/h5-8H,3-4,9,17H2,1-2H3,(H,18,20);2*1-2H3/b16-10+;;. The highest BCUT2D eigenvalue weighted by Crippen LogP contribution is 2.39. The molecule has 0 heterocycles. The number of non-ortho nitro benzene ring substituents is 1. The largest absolute Gasteiger partial charge is 0.327 e. The Balaban J connectivity index is 0.00000158. The Hall–Kier alpha value is -2.12. The monoisotopic (exact) mass is 393 g/mol. The fourth-order valence-electron chi connectivity index (χ4n) is 2.29. The Labute approximate surface area is 166 Å². The van der Waals surface area contributed by atoms with E-state index in [0.29, 0.717) is 6.54 Å². The number of nitrogens with two attached hydrogens (primary N) is 1. The third kappa shape index (κ3) is 7.56. The Morgan fingerprint density at radius 1 is 1.26 bits per heavy atom. The number of carbonyl (C=O) groups excluding carboxylic acids is 1. The molecule has 0 radical (unpaired) electrons. The van der Waals surface area contributed by atoms with E-state index in [1.165, 1.54) is 24.8 Å². The fourth-order valence-corrected chi connectivity index (χ4v) is 3.47. The van der Waals surface area contributed by atoms with Gasteiger partial charge in [0.05, 0.1) is 9.95 Å². The maximum atomic E-state index is 11.4. The minimum atomic E-state index is -0.382. The molecule has 0 saturated heterocycles.